The second-order valence-corrected chi connectivity index (χ2v) is 4.89. The summed E-state index contributed by atoms with van der Waals surface area (Å²) in [6, 6.07) is 8.28. The van der Waals surface area contributed by atoms with Gasteiger partial charge in [-0.3, -0.25) is 0 Å². The summed E-state index contributed by atoms with van der Waals surface area (Å²) in [4.78, 5) is 2.64. The molecule has 1 atom stereocenters. The molecule has 0 spiro atoms. The van der Waals surface area contributed by atoms with Gasteiger partial charge in [-0.15, -0.1) is 22.0 Å². The van der Waals surface area contributed by atoms with Gasteiger partial charge < -0.3 is 5.73 Å². The zero-order valence-corrected chi connectivity index (χ0v) is 10.7. The van der Waals surface area contributed by atoms with Crippen molar-refractivity contribution in [2.75, 3.05) is 0 Å². The maximum Gasteiger partial charge on any atom is 0.184 e. The van der Waals surface area contributed by atoms with E-state index in [9.17, 15) is 0 Å². The minimum Gasteiger partial charge on any atom is -0.324 e. The Hall–Kier alpha value is -1.40. The summed E-state index contributed by atoms with van der Waals surface area (Å²) in [6.45, 7) is 1.98. The maximum atomic E-state index is 5.85. The van der Waals surface area contributed by atoms with Gasteiger partial charge in [0, 0.05) is 10.9 Å². The predicted molar refractivity (Wildman–Crippen MR) is 67.4 cm³/mol. The number of nitrogens with two attached hydrogens (primary N) is 1. The first-order valence-corrected chi connectivity index (χ1v) is 6.35. The highest BCUT2D eigenvalue weighted by atomic mass is 32.2. The normalized spacial score (nSPS) is 12.6. The van der Waals surface area contributed by atoms with Gasteiger partial charge in [0.15, 0.2) is 5.82 Å². The lowest BCUT2D eigenvalue weighted by molar-refractivity contribution is 0.628. The summed E-state index contributed by atoms with van der Waals surface area (Å²) in [5, 5.41) is 11.9. The Bertz CT molecular complexity index is 494. The molecule has 1 unspecified atom stereocenters. The van der Waals surface area contributed by atoms with E-state index in [1.165, 1.54) is 9.69 Å². The van der Waals surface area contributed by atoms with Gasteiger partial charge in [-0.1, -0.05) is 12.1 Å². The molecule has 90 valence electrons. The van der Waals surface area contributed by atoms with Gasteiger partial charge in [0.25, 0.3) is 0 Å². The number of nitrogens with zero attached hydrogens (tertiary/aromatic N) is 4. The SMILES string of the molecule is CC(N)c1cccc(SCc2nnn(C)n2)c1. The Kier molecular flexibility index (Phi) is 3.75. The van der Waals surface area contributed by atoms with Crippen LogP contribution in [0.25, 0.3) is 0 Å². The second-order valence-electron chi connectivity index (χ2n) is 3.84. The summed E-state index contributed by atoms with van der Waals surface area (Å²) in [6.07, 6.45) is 0. The van der Waals surface area contributed by atoms with Crippen LogP contribution in [0.15, 0.2) is 29.2 Å². The summed E-state index contributed by atoms with van der Waals surface area (Å²) >= 11 is 1.68. The number of benzene rings is 1. The van der Waals surface area contributed by atoms with Gasteiger partial charge in [-0.25, -0.2) is 0 Å². The van der Waals surface area contributed by atoms with Crippen LogP contribution in [0.3, 0.4) is 0 Å². The van der Waals surface area contributed by atoms with Crippen molar-refractivity contribution < 1.29 is 0 Å². The van der Waals surface area contributed by atoms with E-state index in [1.807, 2.05) is 19.1 Å². The van der Waals surface area contributed by atoms with Crippen LogP contribution >= 0.6 is 11.8 Å². The fourth-order valence-corrected chi connectivity index (χ4v) is 2.22. The van der Waals surface area contributed by atoms with Crippen molar-refractivity contribution in [2.24, 2.45) is 12.8 Å². The largest absolute Gasteiger partial charge is 0.324 e. The van der Waals surface area contributed by atoms with Crippen LogP contribution in [-0.4, -0.2) is 20.2 Å². The number of hydrogen-bond donors (Lipinski definition) is 1. The summed E-state index contributed by atoms with van der Waals surface area (Å²) in [7, 11) is 1.76. The maximum absolute atomic E-state index is 5.85. The lowest BCUT2D eigenvalue weighted by atomic mass is 10.1. The molecule has 0 aliphatic heterocycles. The molecule has 0 aliphatic rings. The molecule has 6 heteroatoms. The molecule has 2 N–H and O–H groups in total. The average Bonchev–Trinajstić information content (AvgIpc) is 2.73. The molecule has 1 aromatic carbocycles. The minimum atomic E-state index is 0.0604. The molecule has 0 saturated carbocycles. The fraction of sp³-hybridized carbons (Fsp3) is 0.364. The van der Waals surface area contributed by atoms with Crippen molar-refractivity contribution in [1.82, 2.24) is 20.2 Å². The third-order valence-electron chi connectivity index (χ3n) is 2.30. The first-order chi connectivity index (χ1) is 8.15. The van der Waals surface area contributed by atoms with Crippen molar-refractivity contribution in [3.63, 3.8) is 0 Å². The molecule has 0 saturated heterocycles. The molecular formula is C11H15N5S. The van der Waals surface area contributed by atoms with E-state index in [4.69, 9.17) is 5.73 Å². The third-order valence-corrected chi connectivity index (χ3v) is 3.29. The van der Waals surface area contributed by atoms with E-state index >= 15 is 0 Å². The lowest BCUT2D eigenvalue weighted by Crippen LogP contribution is -2.04. The molecule has 2 rings (SSSR count). The second kappa shape index (κ2) is 5.29. The van der Waals surface area contributed by atoms with Crippen LogP contribution in [0, 0.1) is 0 Å². The highest BCUT2D eigenvalue weighted by Crippen LogP contribution is 2.23. The molecule has 1 heterocycles. The molecule has 17 heavy (non-hydrogen) atoms. The summed E-state index contributed by atoms with van der Waals surface area (Å²) in [5.74, 6) is 1.46. The molecule has 5 nitrogen and oxygen atoms in total. The van der Waals surface area contributed by atoms with Gasteiger partial charge in [-0.2, -0.15) is 4.80 Å². The van der Waals surface area contributed by atoms with Gasteiger partial charge in [-0.05, 0) is 29.8 Å². The topological polar surface area (TPSA) is 69.6 Å². The lowest BCUT2D eigenvalue weighted by Gasteiger charge is -2.07. The number of rotatable bonds is 4. The standard InChI is InChI=1S/C11H15N5S/c1-8(12)9-4-3-5-10(6-9)17-7-11-13-15-16(2)14-11/h3-6,8H,7,12H2,1-2H3. The van der Waals surface area contributed by atoms with E-state index < -0.39 is 0 Å². The van der Waals surface area contributed by atoms with E-state index in [2.05, 4.69) is 27.5 Å². The van der Waals surface area contributed by atoms with Crippen LogP contribution < -0.4 is 5.73 Å². The van der Waals surface area contributed by atoms with Crippen molar-refractivity contribution in [3.05, 3.63) is 35.7 Å². The molecule has 1 aromatic heterocycles. The van der Waals surface area contributed by atoms with Crippen molar-refractivity contribution in [1.29, 1.82) is 0 Å². The smallest absolute Gasteiger partial charge is 0.184 e. The molecule has 0 fully saturated rings. The average molecular weight is 249 g/mol. The minimum absolute atomic E-state index is 0.0604. The quantitative estimate of drug-likeness (QED) is 0.832. The van der Waals surface area contributed by atoms with E-state index in [1.54, 1.807) is 18.8 Å². The third kappa shape index (κ3) is 3.28. The number of tetrazole rings is 1. The van der Waals surface area contributed by atoms with Gasteiger partial charge >= 0.3 is 0 Å². The van der Waals surface area contributed by atoms with E-state index in [0.717, 1.165) is 17.1 Å². The molecule has 0 bridgehead atoms. The molecule has 0 aliphatic carbocycles. The van der Waals surface area contributed by atoms with Crippen molar-refractivity contribution >= 4 is 11.8 Å². The monoisotopic (exact) mass is 249 g/mol. The summed E-state index contributed by atoms with van der Waals surface area (Å²) in [5.41, 5.74) is 6.99. The first kappa shape index (κ1) is 12.1. The van der Waals surface area contributed by atoms with E-state index in [0.29, 0.717) is 0 Å². The highest BCUT2D eigenvalue weighted by molar-refractivity contribution is 7.98. The van der Waals surface area contributed by atoms with Crippen LogP contribution in [-0.2, 0) is 12.8 Å². The molecule has 0 radical (unpaired) electrons. The van der Waals surface area contributed by atoms with Crippen LogP contribution in [0.2, 0.25) is 0 Å². The molecular weight excluding hydrogens is 234 g/mol. The number of aromatic nitrogens is 4. The number of thioether (sulfide) groups is 1. The first-order valence-electron chi connectivity index (χ1n) is 5.36. The molecule has 0 amide bonds. The van der Waals surface area contributed by atoms with Crippen LogP contribution in [0.5, 0.6) is 0 Å². The zero-order chi connectivity index (χ0) is 12.3. The van der Waals surface area contributed by atoms with Gasteiger partial charge in [0.05, 0.1) is 12.8 Å². The summed E-state index contributed by atoms with van der Waals surface area (Å²) < 4.78 is 0. The van der Waals surface area contributed by atoms with Crippen LogP contribution in [0.4, 0.5) is 0 Å². The Labute approximate surface area is 104 Å². The van der Waals surface area contributed by atoms with Crippen molar-refractivity contribution in [3.8, 4) is 0 Å². The Morgan fingerprint density at radius 3 is 2.94 bits per heavy atom. The Balaban J connectivity index is 2.01. The zero-order valence-electron chi connectivity index (χ0n) is 9.87. The Morgan fingerprint density at radius 2 is 2.29 bits per heavy atom. The van der Waals surface area contributed by atoms with Gasteiger partial charge in [0.2, 0.25) is 0 Å². The van der Waals surface area contributed by atoms with E-state index in [-0.39, 0.29) is 6.04 Å². The molecule has 2 aromatic rings. The van der Waals surface area contributed by atoms with Crippen molar-refractivity contribution in [2.45, 2.75) is 23.6 Å². The number of hydrogen-bond acceptors (Lipinski definition) is 5. The van der Waals surface area contributed by atoms with Crippen LogP contribution in [0.1, 0.15) is 24.4 Å². The number of aryl methyl sites for hydroxylation is 1. The predicted octanol–water partition coefficient (Wildman–Crippen LogP) is 1.52. The highest BCUT2D eigenvalue weighted by Gasteiger charge is 2.04. The fourth-order valence-electron chi connectivity index (χ4n) is 1.42. The van der Waals surface area contributed by atoms with Gasteiger partial charge in [0.1, 0.15) is 0 Å². The Morgan fingerprint density at radius 1 is 1.47 bits per heavy atom.